The van der Waals surface area contributed by atoms with Crippen LogP contribution >= 0.6 is 0 Å². The fourth-order valence-corrected chi connectivity index (χ4v) is 4.36. The minimum atomic E-state index is -1.07. The molecule has 0 spiro atoms. The lowest BCUT2D eigenvalue weighted by Gasteiger charge is -2.27. The van der Waals surface area contributed by atoms with Crippen LogP contribution in [0.2, 0.25) is 0 Å². The molecule has 4 rings (SSSR count). The highest BCUT2D eigenvalue weighted by molar-refractivity contribution is 6.38. The van der Waals surface area contributed by atoms with Gasteiger partial charge in [-0.25, -0.2) is 0 Å². The van der Waals surface area contributed by atoms with Gasteiger partial charge in [-0.05, 0) is 23.3 Å². The van der Waals surface area contributed by atoms with Crippen molar-refractivity contribution in [2.45, 2.75) is 37.6 Å². The average Bonchev–Trinajstić information content (AvgIpc) is 3.33. The molecule has 1 aliphatic rings. The minimum absolute atomic E-state index is 0.175. The van der Waals surface area contributed by atoms with E-state index in [-0.39, 0.29) is 18.4 Å². The van der Waals surface area contributed by atoms with Crippen LogP contribution in [-0.2, 0) is 32.1 Å². The third kappa shape index (κ3) is 6.33. The van der Waals surface area contributed by atoms with Crippen molar-refractivity contribution in [2.75, 3.05) is 11.4 Å². The van der Waals surface area contributed by atoms with Gasteiger partial charge in [0, 0.05) is 25.1 Å². The normalized spacial score (nSPS) is 18.1. The Hall–Kier alpha value is -3.97. The number of benzene rings is 3. The Balaban J connectivity index is 1.50. The van der Waals surface area contributed by atoms with Crippen LogP contribution in [0.5, 0.6) is 0 Å². The number of primary amides is 1. The van der Waals surface area contributed by atoms with Gasteiger partial charge in [0.05, 0.1) is 12.7 Å². The summed E-state index contributed by atoms with van der Waals surface area (Å²) in [6.45, 7) is 0.974. The lowest BCUT2D eigenvalue weighted by molar-refractivity contribution is -0.138. The van der Waals surface area contributed by atoms with Gasteiger partial charge in [-0.3, -0.25) is 14.4 Å². The Morgan fingerprint density at radius 1 is 0.886 bits per heavy atom. The average molecular weight is 472 g/mol. The van der Waals surface area contributed by atoms with Gasteiger partial charge in [0.15, 0.2) is 0 Å². The summed E-state index contributed by atoms with van der Waals surface area (Å²) in [4.78, 5) is 39.7. The van der Waals surface area contributed by atoms with Gasteiger partial charge < -0.3 is 20.7 Å². The van der Waals surface area contributed by atoms with Crippen LogP contribution < -0.4 is 16.0 Å². The SMILES string of the molecule is NC(=O)C(=O)C(Cc1ccccc1)NC(=O)C1CC(OCc2ccccc2)CN1c1ccccc1. The van der Waals surface area contributed by atoms with Crippen molar-refractivity contribution < 1.29 is 19.1 Å². The number of ketones is 1. The van der Waals surface area contributed by atoms with Gasteiger partial charge in [-0.15, -0.1) is 0 Å². The summed E-state index contributed by atoms with van der Waals surface area (Å²) in [5.74, 6) is -2.22. The number of carbonyl (C=O) groups is 3. The zero-order valence-corrected chi connectivity index (χ0v) is 19.4. The Morgan fingerprint density at radius 3 is 2.06 bits per heavy atom. The molecule has 2 amide bonds. The molecule has 7 nitrogen and oxygen atoms in total. The summed E-state index contributed by atoms with van der Waals surface area (Å²) >= 11 is 0. The Kier molecular flexibility index (Phi) is 7.90. The molecule has 7 heteroatoms. The van der Waals surface area contributed by atoms with Crippen molar-refractivity contribution in [2.24, 2.45) is 5.73 Å². The number of para-hydroxylation sites is 1. The topological polar surface area (TPSA) is 102 Å². The zero-order valence-electron chi connectivity index (χ0n) is 19.4. The van der Waals surface area contributed by atoms with Crippen LogP contribution in [0.15, 0.2) is 91.0 Å². The first-order chi connectivity index (χ1) is 17.0. The number of nitrogens with two attached hydrogens (primary N) is 1. The monoisotopic (exact) mass is 471 g/mol. The Bertz CT molecular complexity index is 1140. The molecule has 0 radical (unpaired) electrons. The molecule has 1 heterocycles. The van der Waals surface area contributed by atoms with Gasteiger partial charge in [-0.1, -0.05) is 78.9 Å². The molecule has 35 heavy (non-hydrogen) atoms. The van der Waals surface area contributed by atoms with Crippen molar-refractivity contribution in [3.8, 4) is 0 Å². The number of Topliss-reactive ketones (excluding diaryl/α,β-unsaturated/α-hetero) is 1. The number of amides is 2. The summed E-state index contributed by atoms with van der Waals surface area (Å²) in [6, 6.07) is 27.1. The molecule has 180 valence electrons. The number of hydrogen-bond acceptors (Lipinski definition) is 5. The van der Waals surface area contributed by atoms with Gasteiger partial charge >= 0.3 is 0 Å². The highest BCUT2D eigenvalue weighted by Gasteiger charge is 2.39. The lowest BCUT2D eigenvalue weighted by atomic mass is 10.0. The molecule has 0 aromatic heterocycles. The van der Waals surface area contributed by atoms with Crippen molar-refractivity contribution in [3.05, 3.63) is 102 Å². The fraction of sp³-hybridized carbons (Fsp3) is 0.250. The first kappa shape index (κ1) is 24.2. The molecule has 1 saturated heterocycles. The second kappa shape index (κ2) is 11.4. The maximum absolute atomic E-state index is 13.5. The molecule has 3 N–H and O–H groups in total. The van der Waals surface area contributed by atoms with E-state index >= 15 is 0 Å². The highest BCUT2D eigenvalue weighted by Crippen LogP contribution is 2.28. The van der Waals surface area contributed by atoms with E-state index < -0.39 is 23.8 Å². The van der Waals surface area contributed by atoms with Crippen molar-refractivity contribution in [1.82, 2.24) is 5.32 Å². The lowest BCUT2D eigenvalue weighted by Crippen LogP contribution is -2.52. The highest BCUT2D eigenvalue weighted by atomic mass is 16.5. The van der Waals surface area contributed by atoms with Gasteiger partial charge in [-0.2, -0.15) is 0 Å². The van der Waals surface area contributed by atoms with Crippen LogP contribution in [0.3, 0.4) is 0 Å². The maximum Gasteiger partial charge on any atom is 0.287 e. The number of ether oxygens (including phenoxy) is 1. The number of nitrogens with one attached hydrogen (secondary N) is 1. The van der Waals surface area contributed by atoms with Gasteiger partial charge in [0.25, 0.3) is 5.91 Å². The van der Waals surface area contributed by atoms with E-state index in [1.54, 1.807) is 0 Å². The molecular weight excluding hydrogens is 442 g/mol. The van der Waals surface area contributed by atoms with Crippen LogP contribution in [0.4, 0.5) is 5.69 Å². The molecule has 3 aromatic carbocycles. The third-order valence-corrected chi connectivity index (χ3v) is 6.14. The molecule has 1 aliphatic heterocycles. The first-order valence-electron chi connectivity index (χ1n) is 11.7. The van der Waals surface area contributed by atoms with Crippen molar-refractivity contribution in [1.29, 1.82) is 0 Å². The van der Waals surface area contributed by atoms with E-state index in [1.165, 1.54) is 0 Å². The van der Waals surface area contributed by atoms with Crippen LogP contribution in [0.25, 0.3) is 0 Å². The van der Waals surface area contributed by atoms with E-state index in [9.17, 15) is 14.4 Å². The second-order valence-corrected chi connectivity index (χ2v) is 8.64. The standard InChI is InChI=1S/C28H29N3O4/c29-27(33)26(32)24(16-20-10-4-1-5-11-20)30-28(34)25-17-23(35-19-21-12-6-2-7-13-21)18-31(25)22-14-8-3-9-15-22/h1-15,23-25H,16-19H2,(H2,29,33)(H,30,34). The van der Waals surface area contributed by atoms with Crippen LogP contribution in [0, 0.1) is 0 Å². The molecule has 0 aliphatic carbocycles. The smallest absolute Gasteiger partial charge is 0.287 e. The summed E-state index contributed by atoms with van der Waals surface area (Å²) in [6.07, 6.45) is 0.460. The van der Waals surface area contributed by atoms with E-state index in [2.05, 4.69) is 5.32 Å². The third-order valence-electron chi connectivity index (χ3n) is 6.14. The Morgan fingerprint density at radius 2 is 1.46 bits per heavy atom. The molecule has 0 bridgehead atoms. The van der Waals surface area contributed by atoms with E-state index in [1.807, 2.05) is 95.9 Å². The van der Waals surface area contributed by atoms with E-state index in [0.29, 0.717) is 19.6 Å². The predicted molar refractivity (Wildman–Crippen MR) is 133 cm³/mol. The van der Waals surface area contributed by atoms with Gasteiger partial charge in [0.1, 0.15) is 12.1 Å². The van der Waals surface area contributed by atoms with Crippen molar-refractivity contribution >= 4 is 23.3 Å². The predicted octanol–water partition coefficient (Wildman–Crippen LogP) is 2.63. The largest absolute Gasteiger partial charge is 0.372 e. The van der Waals surface area contributed by atoms with Crippen molar-refractivity contribution in [3.63, 3.8) is 0 Å². The molecule has 3 aromatic rings. The Labute approximate surface area is 204 Å². The summed E-state index contributed by atoms with van der Waals surface area (Å²) in [5.41, 5.74) is 8.05. The number of nitrogens with zero attached hydrogens (tertiary/aromatic N) is 1. The van der Waals surface area contributed by atoms with Crippen LogP contribution in [0.1, 0.15) is 17.5 Å². The number of anilines is 1. The number of hydrogen-bond donors (Lipinski definition) is 2. The molecule has 0 saturated carbocycles. The second-order valence-electron chi connectivity index (χ2n) is 8.64. The molecule has 1 fully saturated rings. The summed E-state index contributed by atoms with van der Waals surface area (Å²) in [7, 11) is 0. The summed E-state index contributed by atoms with van der Waals surface area (Å²) < 4.78 is 6.14. The maximum atomic E-state index is 13.5. The van der Waals surface area contributed by atoms with E-state index in [4.69, 9.17) is 10.5 Å². The zero-order chi connectivity index (χ0) is 24.6. The molecule has 3 atom stereocenters. The fourth-order valence-electron chi connectivity index (χ4n) is 4.36. The van der Waals surface area contributed by atoms with Crippen LogP contribution in [-0.4, -0.2) is 42.3 Å². The quantitative estimate of drug-likeness (QED) is 0.443. The van der Waals surface area contributed by atoms with Gasteiger partial charge in [0.2, 0.25) is 11.7 Å². The number of carbonyl (C=O) groups excluding carboxylic acids is 3. The van der Waals surface area contributed by atoms with E-state index in [0.717, 1.165) is 16.8 Å². The number of rotatable bonds is 10. The summed E-state index contributed by atoms with van der Waals surface area (Å²) in [5, 5.41) is 2.80. The molecule has 3 unspecified atom stereocenters. The minimum Gasteiger partial charge on any atom is -0.372 e. The first-order valence-corrected chi connectivity index (χ1v) is 11.7. The molecular formula is C28H29N3O4.